The van der Waals surface area contributed by atoms with Gasteiger partial charge < -0.3 is 15.0 Å². The number of alkyl halides is 2. The van der Waals surface area contributed by atoms with Gasteiger partial charge in [-0.2, -0.15) is 8.78 Å². The van der Waals surface area contributed by atoms with Gasteiger partial charge in [-0.05, 0) is 30.7 Å². The molecule has 6 nitrogen and oxygen atoms in total. The highest BCUT2D eigenvalue weighted by Crippen LogP contribution is 2.35. The van der Waals surface area contributed by atoms with Gasteiger partial charge in [0, 0.05) is 31.3 Å². The Morgan fingerprint density at radius 3 is 2.72 bits per heavy atom. The molecule has 1 N–H and O–H groups in total. The molecule has 2 amide bonds. The maximum absolute atomic E-state index is 13.9. The molecule has 0 spiro atoms. The van der Waals surface area contributed by atoms with Crippen LogP contribution in [0.1, 0.15) is 17.2 Å². The summed E-state index contributed by atoms with van der Waals surface area (Å²) in [6.07, 6.45) is 0. The molecule has 0 saturated carbocycles. The molecule has 0 unspecified atom stereocenters. The van der Waals surface area contributed by atoms with Gasteiger partial charge in [-0.15, -0.1) is 0 Å². The second kappa shape index (κ2) is 8.06. The number of anilines is 1. The van der Waals surface area contributed by atoms with E-state index < -0.39 is 47.6 Å². The van der Waals surface area contributed by atoms with Crippen LogP contribution in [-0.2, 0) is 9.59 Å². The van der Waals surface area contributed by atoms with Gasteiger partial charge in [-0.1, -0.05) is 6.07 Å². The molecule has 1 aromatic heterocycles. The van der Waals surface area contributed by atoms with Crippen molar-refractivity contribution in [3.8, 4) is 5.88 Å². The number of likely N-dealkylation sites (tertiary alicyclic amines) is 1. The number of halogens is 4. The molecule has 1 aliphatic heterocycles. The van der Waals surface area contributed by atoms with Crippen molar-refractivity contribution in [3.63, 3.8) is 0 Å². The van der Waals surface area contributed by atoms with E-state index in [0.717, 1.165) is 6.07 Å². The van der Waals surface area contributed by atoms with Gasteiger partial charge >= 0.3 is 6.61 Å². The van der Waals surface area contributed by atoms with Gasteiger partial charge in [0.25, 0.3) is 0 Å². The van der Waals surface area contributed by atoms with E-state index in [1.807, 2.05) is 0 Å². The van der Waals surface area contributed by atoms with Crippen LogP contribution >= 0.6 is 0 Å². The van der Waals surface area contributed by atoms with Gasteiger partial charge in [0.1, 0.15) is 5.92 Å². The molecule has 1 aromatic carbocycles. The highest BCUT2D eigenvalue weighted by atomic mass is 19.3. The first-order valence-electron chi connectivity index (χ1n) is 8.60. The lowest BCUT2D eigenvalue weighted by atomic mass is 9.88. The Morgan fingerprint density at radius 1 is 1.31 bits per heavy atom. The third-order valence-corrected chi connectivity index (χ3v) is 4.60. The molecule has 2 aromatic rings. The molecule has 0 radical (unpaired) electrons. The monoisotopic (exact) mass is 411 g/mol. The number of amides is 2. The van der Waals surface area contributed by atoms with Crippen molar-refractivity contribution in [3.05, 3.63) is 53.2 Å². The van der Waals surface area contributed by atoms with Crippen LogP contribution in [0.2, 0.25) is 0 Å². The quantitative estimate of drug-likeness (QED) is 0.607. The Bertz CT molecular complexity index is 954. The molecule has 0 bridgehead atoms. The number of carbonyl (C=O) groups is 2. The van der Waals surface area contributed by atoms with Crippen LogP contribution < -0.4 is 10.1 Å². The van der Waals surface area contributed by atoms with Crippen molar-refractivity contribution in [2.75, 3.05) is 18.9 Å². The first-order valence-corrected chi connectivity index (χ1v) is 8.60. The molecule has 29 heavy (non-hydrogen) atoms. The summed E-state index contributed by atoms with van der Waals surface area (Å²) in [7, 11) is 1.48. The summed E-state index contributed by atoms with van der Waals surface area (Å²) in [6, 6.07) is 6.07. The van der Waals surface area contributed by atoms with Crippen LogP contribution in [0.5, 0.6) is 5.88 Å². The molecule has 3 rings (SSSR count). The third-order valence-electron chi connectivity index (χ3n) is 4.60. The van der Waals surface area contributed by atoms with Gasteiger partial charge in [0.2, 0.25) is 17.7 Å². The van der Waals surface area contributed by atoms with Crippen LogP contribution in [0.4, 0.5) is 23.2 Å². The molecular formula is C19H17F4N3O3. The second-order valence-electron chi connectivity index (χ2n) is 6.65. The predicted octanol–water partition coefficient (Wildman–Crippen LogP) is 3.08. The van der Waals surface area contributed by atoms with E-state index in [-0.39, 0.29) is 12.4 Å². The Balaban J connectivity index is 1.92. The van der Waals surface area contributed by atoms with Crippen molar-refractivity contribution in [1.29, 1.82) is 0 Å². The van der Waals surface area contributed by atoms with Crippen molar-refractivity contribution < 1.29 is 31.9 Å². The topological polar surface area (TPSA) is 71.5 Å². The molecule has 1 saturated heterocycles. The number of nitrogens with zero attached hydrogens (tertiary/aromatic N) is 2. The minimum Gasteiger partial charge on any atom is -0.417 e. The summed E-state index contributed by atoms with van der Waals surface area (Å²) in [6.45, 7) is -1.40. The van der Waals surface area contributed by atoms with Crippen LogP contribution in [0.25, 0.3) is 0 Å². The Labute approximate surface area is 163 Å². The normalized spacial score (nSPS) is 19.0. The summed E-state index contributed by atoms with van der Waals surface area (Å²) in [5, 5.41) is 2.24. The smallest absolute Gasteiger partial charge is 0.388 e. The fraction of sp³-hybridized carbons (Fsp3) is 0.316. The number of nitrogens with one attached hydrogen (secondary N) is 1. The third kappa shape index (κ3) is 4.30. The number of pyridine rings is 1. The van der Waals surface area contributed by atoms with E-state index in [1.165, 1.54) is 30.1 Å². The fourth-order valence-electron chi connectivity index (χ4n) is 3.33. The molecule has 2 heterocycles. The average Bonchev–Trinajstić information content (AvgIpc) is 2.93. The van der Waals surface area contributed by atoms with E-state index >= 15 is 0 Å². The summed E-state index contributed by atoms with van der Waals surface area (Å²) in [4.78, 5) is 30.5. The van der Waals surface area contributed by atoms with Crippen LogP contribution in [-0.4, -0.2) is 41.9 Å². The molecule has 1 fully saturated rings. The summed E-state index contributed by atoms with van der Waals surface area (Å²) < 4.78 is 56.7. The zero-order valence-electron chi connectivity index (χ0n) is 15.5. The lowest BCUT2D eigenvalue weighted by molar-refractivity contribution is -0.135. The van der Waals surface area contributed by atoms with Crippen molar-refractivity contribution in [1.82, 2.24) is 9.88 Å². The minimum atomic E-state index is -3.08. The molecule has 1 aliphatic rings. The largest absolute Gasteiger partial charge is 0.417 e. The first kappa shape index (κ1) is 20.6. The van der Waals surface area contributed by atoms with E-state index in [1.54, 1.807) is 13.0 Å². The number of ether oxygens (including phenoxy) is 1. The second-order valence-corrected chi connectivity index (χ2v) is 6.65. The maximum atomic E-state index is 13.9. The van der Waals surface area contributed by atoms with Crippen LogP contribution in [0, 0.1) is 24.5 Å². The van der Waals surface area contributed by atoms with Gasteiger partial charge in [-0.3, -0.25) is 9.59 Å². The zero-order chi connectivity index (χ0) is 21.3. The molecule has 10 heteroatoms. The summed E-state index contributed by atoms with van der Waals surface area (Å²) in [5.74, 6) is -6.08. The molecular weight excluding hydrogens is 394 g/mol. The van der Waals surface area contributed by atoms with Gasteiger partial charge in [0.15, 0.2) is 11.6 Å². The number of hydrogen-bond acceptors (Lipinski definition) is 4. The number of aryl methyl sites for hydroxylation is 1. The number of aromatic nitrogens is 1. The predicted molar refractivity (Wildman–Crippen MR) is 94.5 cm³/mol. The van der Waals surface area contributed by atoms with Crippen LogP contribution in [0.3, 0.4) is 0 Å². The summed E-state index contributed by atoms with van der Waals surface area (Å²) in [5.41, 5.74) is 0.352. The van der Waals surface area contributed by atoms with E-state index in [0.29, 0.717) is 11.3 Å². The van der Waals surface area contributed by atoms with Crippen LogP contribution in [0.15, 0.2) is 30.3 Å². The Hall–Kier alpha value is -3.17. The minimum absolute atomic E-state index is 0.125. The highest BCUT2D eigenvalue weighted by Gasteiger charge is 2.44. The first-order chi connectivity index (χ1) is 13.7. The van der Waals surface area contributed by atoms with Crippen molar-refractivity contribution in [2.24, 2.45) is 5.92 Å². The zero-order valence-corrected chi connectivity index (χ0v) is 15.5. The SMILES string of the molecule is Cc1cc([C@H]2CN(C)C(=O)[C@@H]2C(=O)Nc2cccc(F)c2F)cc(OC(F)F)n1. The van der Waals surface area contributed by atoms with E-state index in [2.05, 4.69) is 15.0 Å². The molecule has 2 atom stereocenters. The number of rotatable bonds is 5. The van der Waals surface area contributed by atoms with E-state index in [9.17, 15) is 27.2 Å². The van der Waals surface area contributed by atoms with Gasteiger partial charge in [0.05, 0.1) is 5.69 Å². The van der Waals surface area contributed by atoms with Gasteiger partial charge in [-0.25, -0.2) is 13.8 Å². The number of hydrogen-bond donors (Lipinski definition) is 1. The lowest BCUT2D eigenvalue weighted by Crippen LogP contribution is -2.33. The standard InChI is InChI=1S/C19H17F4N3O3/c1-9-6-10(7-14(24-9)29-19(22)23)11-8-26(2)18(28)15(11)17(27)25-13-5-3-4-12(20)16(13)21/h3-7,11,15,19H,8H2,1-2H3,(H,25,27)/t11-,15+/m1/s1. The molecule has 154 valence electrons. The van der Waals surface area contributed by atoms with Crippen molar-refractivity contribution >= 4 is 17.5 Å². The fourth-order valence-corrected chi connectivity index (χ4v) is 3.33. The number of benzene rings is 1. The highest BCUT2D eigenvalue weighted by molar-refractivity contribution is 6.08. The lowest BCUT2D eigenvalue weighted by Gasteiger charge is -2.18. The number of carbonyl (C=O) groups excluding carboxylic acids is 2. The maximum Gasteiger partial charge on any atom is 0.388 e. The Kier molecular flexibility index (Phi) is 5.71. The number of likely N-dealkylation sites (N-methyl/N-ethyl adjacent to an activating group) is 1. The van der Waals surface area contributed by atoms with E-state index in [4.69, 9.17) is 0 Å². The summed E-state index contributed by atoms with van der Waals surface area (Å²) >= 11 is 0. The average molecular weight is 411 g/mol. The molecule has 0 aliphatic carbocycles. The Morgan fingerprint density at radius 2 is 2.03 bits per heavy atom. The van der Waals surface area contributed by atoms with Crippen molar-refractivity contribution in [2.45, 2.75) is 19.5 Å².